The van der Waals surface area contributed by atoms with Gasteiger partial charge in [0, 0.05) is 42.8 Å². The van der Waals surface area contributed by atoms with Gasteiger partial charge in [0.15, 0.2) is 0 Å². The fourth-order valence-corrected chi connectivity index (χ4v) is 4.04. The lowest BCUT2D eigenvalue weighted by molar-refractivity contribution is 0.122. The SMILES string of the molecule is Cn1ncc2ccc(-c3cc(Nc4ccc(-n5cncn5)cc4)nc(N4CCOCC4)n3)cc21. The molecule has 0 spiro atoms. The number of ether oxygens (including phenoxy) is 1. The summed E-state index contributed by atoms with van der Waals surface area (Å²) in [5, 5.41) is 13.1. The van der Waals surface area contributed by atoms with Crippen LogP contribution in [0.4, 0.5) is 17.5 Å². The summed E-state index contributed by atoms with van der Waals surface area (Å²) in [5.41, 5.74) is 4.77. The molecule has 10 heteroatoms. The standard InChI is InChI=1S/C24H23N9O/c1-31-22-12-17(2-3-18(22)14-26-31)21-13-23(30-24(29-21)32-8-10-34-11-9-32)28-19-4-6-20(7-5-19)33-16-25-15-27-33/h2-7,12-16H,8-11H2,1H3,(H,28,29,30). The Balaban J connectivity index is 1.36. The van der Waals surface area contributed by atoms with Gasteiger partial charge in [-0.25, -0.2) is 14.6 Å². The minimum absolute atomic E-state index is 0.668. The Labute approximate surface area is 195 Å². The third kappa shape index (κ3) is 3.95. The molecule has 0 aliphatic carbocycles. The van der Waals surface area contributed by atoms with Gasteiger partial charge in [0.2, 0.25) is 5.95 Å². The summed E-state index contributed by atoms with van der Waals surface area (Å²) in [6, 6.07) is 16.2. The van der Waals surface area contributed by atoms with E-state index in [4.69, 9.17) is 14.7 Å². The zero-order valence-electron chi connectivity index (χ0n) is 18.7. The van der Waals surface area contributed by atoms with Crippen molar-refractivity contribution in [3.8, 4) is 16.9 Å². The third-order valence-corrected chi connectivity index (χ3v) is 5.88. The predicted molar refractivity (Wildman–Crippen MR) is 129 cm³/mol. The van der Waals surface area contributed by atoms with Crippen LogP contribution in [0.5, 0.6) is 0 Å². The second-order valence-electron chi connectivity index (χ2n) is 8.09. The number of hydrogen-bond donors (Lipinski definition) is 1. The Hall–Kier alpha value is -4.31. The normalized spacial score (nSPS) is 14.0. The quantitative estimate of drug-likeness (QED) is 0.433. The number of benzene rings is 2. The summed E-state index contributed by atoms with van der Waals surface area (Å²) in [4.78, 5) is 15.9. The Kier molecular flexibility index (Phi) is 5.11. The van der Waals surface area contributed by atoms with Gasteiger partial charge in [-0.2, -0.15) is 15.2 Å². The van der Waals surface area contributed by atoms with Gasteiger partial charge in [0.1, 0.15) is 18.5 Å². The molecule has 1 saturated heterocycles. The Morgan fingerprint density at radius 1 is 0.941 bits per heavy atom. The Morgan fingerprint density at radius 2 is 1.79 bits per heavy atom. The van der Waals surface area contributed by atoms with Crippen molar-refractivity contribution < 1.29 is 4.74 Å². The fraction of sp³-hybridized carbons (Fsp3) is 0.208. The molecule has 1 fully saturated rings. The van der Waals surface area contributed by atoms with Crippen LogP contribution in [0, 0.1) is 0 Å². The highest BCUT2D eigenvalue weighted by molar-refractivity contribution is 5.84. The number of nitrogens with zero attached hydrogens (tertiary/aromatic N) is 8. The molecule has 0 atom stereocenters. The summed E-state index contributed by atoms with van der Waals surface area (Å²) < 4.78 is 9.12. The van der Waals surface area contributed by atoms with Crippen LogP contribution in [0.2, 0.25) is 0 Å². The minimum Gasteiger partial charge on any atom is -0.378 e. The maximum absolute atomic E-state index is 5.52. The van der Waals surface area contributed by atoms with Crippen molar-refractivity contribution in [2.45, 2.75) is 0 Å². The van der Waals surface area contributed by atoms with Crippen molar-refractivity contribution in [3.63, 3.8) is 0 Å². The molecule has 4 heterocycles. The van der Waals surface area contributed by atoms with Crippen LogP contribution >= 0.6 is 0 Å². The van der Waals surface area contributed by atoms with Crippen LogP contribution in [0.3, 0.4) is 0 Å². The zero-order chi connectivity index (χ0) is 22.9. The molecule has 170 valence electrons. The van der Waals surface area contributed by atoms with Crippen molar-refractivity contribution in [2.24, 2.45) is 7.05 Å². The highest BCUT2D eigenvalue weighted by Crippen LogP contribution is 2.28. The van der Waals surface area contributed by atoms with E-state index < -0.39 is 0 Å². The number of fused-ring (bicyclic) bond motifs is 1. The Bertz CT molecular complexity index is 1420. The molecule has 0 amide bonds. The predicted octanol–water partition coefficient (Wildman–Crippen LogP) is 3.19. The number of morpholine rings is 1. The Morgan fingerprint density at radius 3 is 2.59 bits per heavy atom. The van der Waals surface area contributed by atoms with Gasteiger partial charge in [-0.1, -0.05) is 12.1 Å². The molecule has 10 nitrogen and oxygen atoms in total. The smallest absolute Gasteiger partial charge is 0.228 e. The first-order valence-electron chi connectivity index (χ1n) is 11.1. The first-order chi connectivity index (χ1) is 16.7. The lowest BCUT2D eigenvalue weighted by Gasteiger charge is -2.27. The van der Waals surface area contributed by atoms with Gasteiger partial charge in [-0.3, -0.25) is 4.68 Å². The lowest BCUT2D eigenvalue weighted by atomic mass is 10.1. The first-order valence-corrected chi connectivity index (χ1v) is 11.1. The van der Waals surface area contributed by atoms with Gasteiger partial charge in [-0.05, 0) is 30.3 Å². The molecule has 1 N–H and O–H groups in total. The molecule has 5 aromatic rings. The van der Waals surface area contributed by atoms with Crippen LogP contribution in [-0.4, -0.2) is 60.8 Å². The van der Waals surface area contributed by atoms with Crippen molar-refractivity contribution in [2.75, 3.05) is 36.5 Å². The summed E-state index contributed by atoms with van der Waals surface area (Å²) in [5.74, 6) is 1.41. The number of rotatable bonds is 5. The molecule has 34 heavy (non-hydrogen) atoms. The second-order valence-corrected chi connectivity index (χ2v) is 8.09. The molecular formula is C24H23N9O. The summed E-state index contributed by atoms with van der Waals surface area (Å²) in [6.45, 7) is 2.86. The summed E-state index contributed by atoms with van der Waals surface area (Å²) >= 11 is 0. The van der Waals surface area contributed by atoms with Gasteiger partial charge < -0.3 is 15.0 Å². The van der Waals surface area contributed by atoms with Gasteiger partial charge >= 0.3 is 0 Å². The van der Waals surface area contributed by atoms with Gasteiger partial charge in [-0.15, -0.1) is 0 Å². The maximum atomic E-state index is 5.52. The van der Waals surface area contributed by atoms with Crippen molar-refractivity contribution in [1.29, 1.82) is 0 Å². The second kappa shape index (κ2) is 8.56. The van der Waals surface area contributed by atoms with E-state index in [0.29, 0.717) is 19.2 Å². The van der Waals surface area contributed by atoms with E-state index in [2.05, 4.69) is 43.6 Å². The average molecular weight is 454 g/mol. The monoisotopic (exact) mass is 453 g/mol. The van der Waals surface area contributed by atoms with Crippen LogP contribution < -0.4 is 10.2 Å². The molecule has 6 rings (SSSR count). The highest BCUT2D eigenvalue weighted by atomic mass is 16.5. The molecule has 0 unspecified atom stereocenters. The van der Waals surface area contributed by atoms with Crippen molar-refractivity contribution >= 4 is 28.4 Å². The molecular weight excluding hydrogens is 430 g/mol. The molecule has 3 aromatic heterocycles. The van der Waals surface area contributed by atoms with Crippen LogP contribution in [-0.2, 0) is 11.8 Å². The van der Waals surface area contributed by atoms with E-state index in [-0.39, 0.29) is 0 Å². The topological polar surface area (TPSA) is 98.8 Å². The van der Waals surface area contributed by atoms with E-state index in [1.807, 2.05) is 48.3 Å². The zero-order valence-corrected chi connectivity index (χ0v) is 18.7. The maximum Gasteiger partial charge on any atom is 0.228 e. The molecule has 1 aliphatic rings. The third-order valence-electron chi connectivity index (χ3n) is 5.88. The number of anilines is 3. The van der Waals surface area contributed by atoms with Gasteiger partial charge in [0.05, 0.1) is 36.3 Å². The van der Waals surface area contributed by atoms with Crippen LogP contribution in [0.1, 0.15) is 0 Å². The molecule has 2 aromatic carbocycles. The number of aromatic nitrogens is 7. The fourth-order valence-electron chi connectivity index (χ4n) is 4.04. The largest absolute Gasteiger partial charge is 0.378 e. The summed E-state index contributed by atoms with van der Waals surface area (Å²) in [6.07, 6.45) is 5.06. The van der Waals surface area contributed by atoms with Crippen LogP contribution in [0.15, 0.2) is 67.4 Å². The highest BCUT2D eigenvalue weighted by Gasteiger charge is 2.17. The number of aryl methyl sites for hydroxylation is 1. The average Bonchev–Trinajstić information content (AvgIpc) is 3.55. The van der Waals surface area contributed by atoms with Crippen molar-refractivity contribution in [1.82, 2.24) is 34.5 Å². The van der Waals surface area contributed by atoms with E-state index in [1.165, 1.54) is 6.33 Å². The molecule has 0 bridgehead atoms. The van der Waals surface area contributed by atoms with Crippen LogP contribution in [0.25, 0.3) is 27.8 Å². The molecule has 1 aliphatic heterocycles. The van der Waals surface area contributed by atoms with Gasteiger partial charge in [0.25, 0.3) is 0 Å². The number of nitrogens with one attached hydrogen (secondary N) is 1. The first kappa shape index (κ1) is 20.3. The number of hydrogen-bond acceptors (Lipinski definition) is 8. The lowest BCUT2D eigenvalue weighted by Crippen LogP contribution is -2.37. The van der Waals surface area contributed by atoms with Crippen molar-refractivity contribution in [3.05, 3.63) is 67.4 Å². The minimum atomic E-state index is 0.668. The summed E-state index contributed by atoms with van der Waals surface area (Å²) in [7, 11) is 1.95. The van der Waals surface area contributed by atoms with E-state index >= 15 is 0 Å². The van der Waals surface area contributed by atoms with E-state index in [1.54, 1.807) is 11.0 Å². The molecule has 0 saturated carbocycles. The van der Waals surface area contributed by atoms with E-state index in [9.17, 15) is 0 Å². The van der Waals surface area contributed by atoms with E-state index in [0.717, 1.165) is 52.4 Å². The molecule has 0 radical (unpaired) electrons.